The normalized spacial score (nSPS) is 4.67. The molecule has 0 fully saturated rings. The third-order valence-corrected chi connectivity index (χ3v) is 0.142. The molecule has 2 nitrogen and oxygen atoms in total. The minimum atomic E-state index is 0. The number of hydrogen-bond donors (Lipinski definition) is 1. The van der Waals surface area contributed by atoms with E-state index in [1.807, 2.05) is 5.32 Å². The van der Waals surface area contributed by atoms with Crippen molar-refractivity contribution in [3.05, 3.63) is 12.8 Å². The van der Waals surface area contributed by atoms with Gasteiger partial charge in [-0.05, 0) is 0 Å². The fraction of sp³-hybridized carbons (Fsp3) is 0. The van der Waals surface area contributed by atoms with Crippen LogP contribution in [0.3, 0.4) is 0 Å². The number of nitrogens with one attached hydrogen (secondary N) is 1. The molecule has 31 valence electrons. The Morgan fingerprint density at radius 2 is 2.33 bits per heavy atom. The van der Waals surface area contributed by atoms with Gasteiger partial charge in [-0.3, -0.25) is 0 Å². The van der Waals surface area contributed by atoms with Gasteiger partial charge >= 0.3 is 0 Å². The third kappa shape index (κ3) is 8.85. The molecule has 0 saturated carbocycles. The first kappa shape index (κ1) is 9.58. The van der Waals surface area contributed by atoms with Gasteiger partial charge in [-0.1, -0.05) is 0 Å². The molecule has 0 aliphatic heterocycles. The topological polar surface area (TPSA) is 29.1 Å². The second kappa shape index (κ2) is 9.00. The van der Waals surface area contributed by atoms with Crippen LogP contribution in [0.2, 0.25) is 0 Å². The van der Waals surface area contributed by atoms with Crippen LogP contribution in [0, 0.1) is 6.58 Å². The monoisotopic (exact) mass is 158 g/mol. The number of rotatable bonds is 2. The molecule has 0 bridgehead atoms. The fourth-order valence-corrected chi connectivity index (χ4v) is 0.0340. The van der Waals surface area contributed by atoms with E-state index in [-0.39, 0.29) is 32.7 Å². The Labute approximate surface area is 61.9 Å². The van der Waals surface area contributed by atoms with Crippen molar-refractivity contribution in [2.75, 3.05) is 0 Å². The number of hydrogen-bond acceptors (Lipinski definition) is 1. The molecule has 0 heterocycles. The van der Waals surface area contributed by atoms with Crippen LogP contribution < -0.4 is 5.32 Å². The van der Waals surface area contributed by atoms with Gasteiger partial charge in [-0.2, -0.15) is 0 Å². The summed E-state index contributed by atoms with van der Waals surface area (Å²) in [5.41, 5.74) is 0. The maximum absolute atomic E-state index is 9.06. The van der Waals surface area contributed by atoms with Gasteiger partial charge in [0.25, 0.3) is 0 Å². The number of carbonyl (C=O) groups excluding carboxylic acids is 1. The van der Waals surface area contributed by atoms with Crippen LogP contribution in [0.5, 0.6) is 0 Å². The van der Waals surface area contributed by atoms with Crippen LogP contribution in [0.1, 0.15) is 0 Å². The molecule has 1 N–H and O–H groups in total. The van der Waals surface area contributed by atoms with E-state index in [0.717, 1.165) is 6.20 Å². The molecule has 1 amide bonds. The van der Waals surface area contributed by atoms with Gasteiger partial charge in [0.2, 0.25) is 0 Å². The third-order valence-electron chi connectivity index (χ3n) is 0.142. The second-order valence-corrected chi connectivity index (χ2v) is 0.413. The van der Waals surface area contributed by atoms with Gasteiger partial charge in [-0.25, -0.2) is 0 Å². The van der Waals surface area contributed by atoms with E-state index in [2.05, 4.69) is 6.58 Å². The van der Waals surface area contributed by atoms with Gasteiger partial charge in [0, 0.05) is 32.7 Å². The molecule has 0 aromatic heterocycles. The maximum Gasteiger partial charge on any atom is 0.0665 e. The Kier molecular flexibility index (Phi) is 14.4. The molecule has 3 heteroatoms. The van der Waals surface area contributed by atoms with Crippen molar-refractivity contribution in [3.8, 4) is 0 Å². The van der Waals surface area contributed by atoms with Gasteiger partial charge in [0.1, 0.15) is 0 Å². The molecular formula is C3H3NOY-2. The Morgan fingerprint density at radius 1 is 1.83 bits per heavy atom. The van der Waals surface area contributed by atoms with Crippen molar-refractivity contribution in [1.82, 2.24) is 5.32 Å². The summed E-state index contributed by atoms with van der Waals surface area (Å²) in [4.78, 5) is 9.06. The first-order valence-corrected chi connectivity index (χ1v) is 1.08. The Bertz CT molecular complexity index is 40.1. The first-order chi connectivity index (χ1) is 2.41. The summed E-state index contributed by atoms with van der Waals surface area (Å²) in [5.74, 6) is 0. The summed E-state index contributed by atoms with van der Waals surface area (Å²) in [5, 5.41) is 1.96. The smallest absolute Gasteiger partial charge is 0.0665 e. The minimum absolute atomic E-state index is 0. The van der Waals surface area contributed by atoms with Crippen molar-refractivity contribution in [2.45, 2.75) is 0 Å². The Morgan fingerprint density at radius 3 is 2.33 bits per heavy atom. The van der Waals surface area contributed by atoms with E-state index >= 15 is 0 Å². The second-order valence-electron chi connectivity index (χ2n) is 0.413. The summed E-state index contributed by atoms with van der Waals surface area (Å²) in [6.45, 7) is 4.64. The molecular weight excluding hydrogens is 155 g/mol. The van der Waals surface area contributed by atoms with E-state index < -0.39 is 0 Å². The first-order valence-electron chi connectivity index (χ1n) is 1.08. The molecule has 0 aromatic rings. The zero-order chi connectivity index (χ0) is 4.12. The molecule has 0 aliphatic carbocycles. The molecule has 0 rings (SSSR count). The van der Waals surface area contributed by atoms with Gasteiger partial charge in [0.15, 0.2) is 0 Å². The van der Waals surface area contributed by atoms with Crippen LogP contribution >= 0.6 is 0 Å². The van der Waals surface area contributed by atoms with Gasteiger partial charge in [-0.15, -0.1) is 0 Å². The molecule has 0 atom stereocenters. The molecule has 0 aromatic carbocycles. The van der Waals surface area contributed by atoms with Crippen molar-refractivity contribution in [1.29, 1.82) is 0 Å². The maximum atomic E-state index is 9.06. The van der Waals surface area contributed by atoms with Gasteiger partial charge in [0.05, 0.1) is 6.41 Å². The van der Waals surface area contributed by atoms with E-state index in [9.17, 15) is 0 Å². The molecule has 0 unspecified atom stereocenters. The molecule has 0 spiro atoms. The quantitative estimate of drug-likeness (QED) is 0.429. The zero-order valence-electron chi connectivity index (χ0n) is 3.14. The standard InChI is InChI=1S/C3H3NO.Y/c1-2-4-3-5;/h1-2H,(H,4,5);/q-2;. The average molecular weight is 158 g/mol. The van der Waals surface area contributed by atoms with Crippen LogP contribution in [-0.2, 0) is 37.5 Å². The average Bonchev–Trinajstić information content (AvgIpc) is 1.41. The van der Waals surface area contributed by atoms with Crippen LogP contribution in [-0.4, -0.2) is 6.41 Å². The molecule has 0 saturated heterocycles. The van der Waals surface area contributed by atoms with Crippen LogP contribution in [0.15, 0.2) is 6.20 Å². The van der Waals surface area contributed by atoms with Crippen LogP contribution in [0.25, 0.3) is 0 Å². The van der Waals surface area contributed by atoms with Crippen molar-refractivity contribution < 1.29 is 37.5 Å². The summed E-state index contributed by atoms with van der Waals surface area (Å²) >= 11 is 0. The summed E-state index contributed by atoms with van der Waals surface area (Å²) in [6.07, 6.45) is 2.34. The number of amides is 1. The Hall–Kier alpha value is 0.314. The van der Waals surface area contributed by atoms with Crippen molar-refractivity contribution in [2.24, 2.45) is 0 Å². The van der Waals surface area contributed by atoms with E-state index in [1.54, 1.807) is 0 Å². The van der Waals surface area contributed by atoms with E-state index in [4.69, 9.17) is 4.79 Å². The van der Waals surface area contributed by atoms with E-state index in [1.165, 1.54) is 6.41 Å². The Balaban J connectivity index is 0. The molecule has 0 aliphatic rings. The summed E-state index contributed by atoms with van der Waals surface area (Å²) in [7, 11) is 0. The molecule has 6 heavy (non-hydrogen) atoms. The summed E-state index contributed by atoms with van der Waals surface area (Å²) in [6, 6.07) is 0. The minimum Gasteiger partial charge on any atom is -0.603 e. The van der Waals surface area contributed by atoms with Crippen LogP contribution in [0.4, 0.5) is 0 Å². The fourth-order valence-electron chi connectivity index (χ4n) is 0.0340. The van der Waals surface area contributed by atoms with Crippen molar-refractivity contribution >= 4 is 6.41 Å². The summed E-state index contributed by atoms with van der Waals surface area (Å²) < 4.78 is 0. The zero-order valence-corrected chi connectivity index (χ0v) is 5.98. The van der Waals surface area contributed by atoms with Gasteiger partial charge < -0.3 is 22.9 Å². The SMILES string of the molecule is [CH-]=CN[C-]=O.[Y]. The predicted octanol–water partition coefficient (Wildman–Crippen LogP) is -0.413. The van der Waals surface area contributed by atoms with Crippen molar-refractivity contribution in [3.63, 3.8) is 0 Å². The van der Waals surface area contributed by atoms with E-state index in [0.29, 0.717) is 0 Å². The predicted molar refractivity (Wildman–Crippen MR) is 17.7 cm³/mol. The molecule has 1 radical (unpaired) electrons. The largest absolute Gasteiger partial charge is 0.603 e.